The third-order valence-corrected chi connectivity index (χ3v) is 6.13. The van der Waals surface area contributed by atoms with Crippen LogP contribution in [0.3, 0.4) is 0 Å². The van der Waals surface area contributed by atoms with Gasteiger partial charge in [-0.25, -0.2) is 0 Å². The minimum Gasteiger partial charge on any atom is -0.381 e. The summed E-state index contributed by atoms with van der Waals surface area (Å²) in [5.41, 5.74) is 3.42. The molecule has 0 saturated carbocycles. The Labute approximate surface area is 199 Å². The molecule has 33 heavy (non-hydrogen) atoms. The summed E-state index contributed by atoms with van der Waals surface area (Å²) in [5, 5.41) is 4.35. The fourth-order valence-corrected chi connectivity index (χ4v) is 3.54. The number of aromatic nitrogens is 2. The Hall–Kier alpha value is -2.22. The van der Waals surface area contributed by atoms with Crippen LogP contribution in [-0.2, 0) is 32.0 Å². The summed E-state index contributed by atoms with van der Waals surface area (Å²) in [6.45, 7) is 12.7. The third-order valence-electron chi connectivity index (χ3n) is 6.13. The molecule has 0 radical (unpaired) electrons. The first kappa shape index (κ1) is 27.0. The van der Waals surface area contributed by atoms with Gasteiger partial charge in [0, 0.05) is 38.6 Å². The van der Waals surface area contributed by atoms with Gasteiger partial charge in [-0.05, 0) is 36.8 Å². The van der Waals surface area contributed by atoms with E-state index in [9.17, 15) is 4.79 Å². The van der Waals surface area contributed by atoms with Crippen LogP contribution in [0.1, 0.15) is 46.6 Å². The van der Waals surface area contributed by atoms with Crippen LogP contribution in [0.25, 0.3) is 11.1 Å². The van der Waals surface area contributed by atoms with Gasteiger partial charge >= 0.3 is 0 Å². The van der Waals surface area contributed by atoms with Gasteiger partial charge in [0.1, 0.15) is 0 Å². The zero-order valence-corrected chi connectivity index (χ0v) is 21.3. The zero-order chi connectivity index (χ0) is 24.4. The molecule has 1 aromatic heterocycles. The number of methoxy groups -OCH3 is 2. The Balaban J connectivity index is 1.86. The van der Waals surface area contributed by atoms with Crippen molar-refractivity contribution in [2.45, 2.75) is 66.3 Å². The van der Waals surface area contributed by atoms with Crippen molar-refractivity contribution in [3.8, 4) is 11.1 Å². The highest BCUT2D eigenvalue weighted by Gasteiger charge is 2.31. The van der Waals surface area contributed by atoms with E-state index < -0.39 is 6.29 Å². The Kier molecular flexibility index (Phi) is 10.5. The lowest BCUT2D eigenvalue weighted by Gasteiger charge is -2.39. The van der Waals surface area contributed by atoms with Crippen molar-refractivity contribution in [3.05, 3.63) is 42.2 Å². The standard InChI is InChI=1S/C26H41N3O4/c1-8-28-18-23(17-27-28)22-11-9-10-21(16-22)12-14-33-15-13-24(30)29(19-25(31-6)32-7)20(2)26(3,4)5/h9-11,16-18,20,25H,8,12-15,19H2,1-7H3/t20-/m1/s1. The van der Waals surface area contributed by atoms with Crippen LogP contribution < -0.4 is 0 Å². The van der Waals surface area contributed by atoms with Crippen molar-refractivity contribution < 1.29 is 19.0 Å². The van der Waals surface area contributed by atoms with Gasteiger partial charge in [0.15, 0.2) is 6.29 Å². The lowest BCUT2D eigenvalue weighted by atomic mass is 9.86. The lowest BCUT2D eigenvalue weighted by molar-refractivity contribution is -0.153. The Morgan fingerprint density at radius 3 is 2.48 bits per heavy atom. The zero-order valence-electron chi connectivity index (χ0n) is 21.3. The summed E-state index contributed by atoms with van der Waals surface area (Å²) in [4.78, 5) is 14.8. The van der Waals surface area contributed by atoms with Crippen molar-refractivity contribution in [3.63, 3.8) is 0 Å². The molecule has 0 unspecified atom stereocenters. The molecule has 2 aromatic rings. The smallest absolute Gasteiger partial charge is 0.225 e. The van der Waals surface area contributed by atoms with Gasteiger partial charge in [-0.3, -0.25) is 9.48 Å². The number of hydrogen-bond donors (Lipinski definition) is 0. The predicted molar refractivity (Wildman–Crippen MR) is 131 cm³/mol. The van der Waals surface area contributed by atoms with Crippen LogP contribution in [0.15, 0.2) is 36.7 Å². The number of hydrogen-bond acceptors (Lipinski definition) is 5. The van der Waals surface area contributed by atoms with E-state index in [1.807, 2.05) is 15.8 Å². The van der Waals surface area contributed by atoms with E-state index in [2.05, 4.69) is 70.2 Å². The summed E-state index contributed by atoms with van der Waals surface area (Å²) in [6.07, 6.45) is 4.63. The number of amides is 1. The van der Waals surface area contributed by atoms with Gasteiger partial charge in [-0.15, -0.1) is 0 Å². The Morgan fingerprint density at radius 1 is 1.15 bits per heavy atom. The highest BCUT2D eigenvalue weighted by atomic mass is 16.7. The van der Waals surface area contributed by atoms with Gasteiger partial charge in [0.25, 0.3) is 0 Å². The molecule has 0 saturated heterocycles. The number of ether oxygens (including phenoxy) is 3. The van der Waals surface area contributed by atoms with Crippen LogP contribution in [0.4, 0.5) is 0 Å². The molecule has 2 rings (SSSR count). The molecule has 0 aliphatic rings. The molecular weight excluding hydrogens is 418 g/mol. The molecule has 1 amide bonds. The number of benzene rings is 1. The summed E-state index contributed by atoms with van der Waals surface area (Å²) in [6, 6.07) is 8.47. The predicted octanol–water partition coefficient (Wildman–Crippen LogP) is 4.40. The third kappa shape index (κ3) is 8.25. The van der Waals surface area contributed by atoms with E-state index in [4.69, 9.17) is 14.2 Å². The monoisotopic (exact) mass is 459 g/mol. The van der Waals surface area contributed by atoms with Gasteiger partial charge in [-0.2, -0.15) is 5.10 Å². The number of rotatable bonds is 13. The summed E-state index contributed by atoms with van der Waals surface area (Å²) >= 11 is 0. The first-order valence-electron chi connectivity index (χ1n) is 11.7. The fraction of sp³-hybridized carbons (Fsp3) is 0.615. The molecule has 0 N–H and O–H groups in total. The maximum atomic E-state index is 13.0. The van der Waals surface area contributed by atoms with Crippen LogP contribution in [0.2, 0.25) is 0 Å². The summed E-state index contributed by atoms with van der Waals surface area (Å²) in [5.74, 6) is 0.0476. The molecule has 0 fully saturated rings. The first-order valence-corrected chi connectivity index (χ1v) is 11.7. The Morgan fingerprint density at radius 2 is 1.88 bits per heavy atom. The number of carbonyl (C=O) groups excluding carboxylic acids is 1. The van der Waals surface area contributed by atoms with E-state index in [0.29, 0.717) is 26.2 Å². The maximum Gasteiger partial charge on any atom is 0.225 e. The molecule has 7 nitrogen and oxygen atoms in total. The number of nitrogens with zero attached hydrogens (tertiary/aromatic N) is 3. The molecule has 0 aliphatic carbocycles. The van der Waals surface area contributed by atoms with Crippen molar-refractivity contribution in [1.29, 1.82) is 0 Å². The van der Waals surface area contributed by atoms with Gasteiger partial charge in [-0.1, -0.05) is 45.0 Å². The van der Waals surface area contributed by atoms with Crippen molar-refractivity contribution >= 4 is 5.91 Å². The molecule has 7 heteroatoms. The van der Waals surface area contributed by atoms with Crippen LogP contribution in [0, 0.1) is 5.41 Å². The molecule has 0 aliphatic heterocycles. The second-order valence-corrected chi connectivity index (χ2v) is 9.39. The topological polar surface area (TPSA) is 65.8 Å². The average molecular weight is 460 g/mol. The first-order chi connectivity index (χ1) is 15.7. The van der Waals surface area contributed by atoms with Gasteiger partial charge < -0.3 is 19.1 Å². The average Bonchev–Trinajstić information content (AvgIpc) is 3.28. The van der Waals surface area contributed by atoms with E-state index in [0.717, 1.165) is 24.1 Å². The van der Waals surface area contributed by atoms with Crippen LogP contribution in [0.5, 0.6) is 0 Å². The maximum absolute atomic E-state index is 13.0. The summed E-state index contributed by atoms with van der Waals surface area (Å²) < 4.78 is 18.4. The highest BCUT2D eigenvalue weighted by Crippen LogP contribution is 2.25. The lowest BCUT2D eigenvalue weighted by Crippen LogP contribution is -2.49. The van der Waals surface area contributed by atoms with Gasteiger partial charge in [0.05, 0.1) is 32.4 Å². The van der Waals surface area contributed by atoms with Crippen molar-refractivity contribution in [2.24, 2.45) is 5.41 Å². The SMILES string of the molecule is CCn1cc(-c2cccc(CCOCCC(=O)N(CC(OC)OC)[C@H](C)C(C)(C)C)c2)cn1. The van der Waals surface area contributed by atoms with Crippen LogP contribution >= 0.6 is 0 Å². The number of carbonyl (C=O) groups is 1. The Bertz CT molecular complexity index is 855. The molecule has 184 valence electrons. The molecule has 0 spiro atoms. The normalized spacial score (nSPS) is 12.8. The summed E-state index contributed by atoms with van der Waals surface area (Å²) in [7, 11) is 3.18. The van der Waals surface area contributed by atoms with Crippen molar-refractivity contribution in [1.82, 2.24) is 14.7 Å². The molecule has 1 heterocycles. The van der Waals surface area contributed by atoms with E-state index >= 15 is 0 Å². The molecule has 1 aromatic carbocycles. The quantitative estimate of drug-likeness (QED) is 0.328. The van der Waals surface area contributed by atoms with Crippen LogP contribution in [-0.4, -0.2) is 66.9 Å². The second-order valence-electron chi connectivity index (χ2n) is 9.39. The fourth-order valence-electron chi connectivity index (χ4n) is 3.54. The number of aryl methyl sites for hydroxylation is 1. The largest absolute Gasteiger partial charge is 0.381 e. The second kappa shape index (κ2) is 12.9. The molecular formula is C26H41N3O4. The minimum absolute atomic E-state index is 0.0394. The minimum atomic E-state index is -0.448. The highest BCUT2D eigenvalue weighted by molar-refractivity contribution is 5.76. The van der Waals surface area contributed by atoms with E-state index in [1.54, 1.807) is 14.2 Å². The van der Waals surface area contributed by atoms with Gasteiger partial charge in [0.2, 0.25) is 5.91 Å². The molecule has 0 bridgehead atoms. The van der Waals surface area contributed by atoms with E-state index in [1.165, 1.54) is 5.56 Å². The van der Waals surface area contributed by atoms with E-state index in [-0.39, 0.29) is 17.4 Å². The molecule has 1 atom stereocenters. The van der Waals surface area contributed by atoms with Crippen molar-refractivity contribution in [2.75, 3.05) is 34.0 Å².